The van der Waals surface area contributed by atoms with Gasteiger partial charge in [-0.3, -0.25) is 9.20 Å². The largest absolute Gasteiger partial charge is 0.490 e. The van der Waals surface area contributed by atoms with Crippen LogP contribution in [0.5, 0.6) is 5.75 Å². The summed E-state index contributed by atoms with van der Waals surface area (Å²) in [5.74, 6) is -0.659. The predicted molar refractivity (Wildman–Crippen MR) is 128 cm³/mol. The van der Waals surface area contributed by atoms with Crippen LogP contribution in [0, 0.1) is 12.7 Å². The second-order valence-electron chi connectivity index (χ2n) is 8.83. The van der Waals surface area contributed by atoms with E-state index in [-0.39, 0.29) is 28.5 Å². The molecule has 34 heavy (non-hydrogen) atoms. The maximum Gasteiger partial charge on any atom is 0.258 e. The Balaban J connectivity index is 1.84. The lowest BCUT2D eigenvalue weighted by Crippen LogP contribution is -2.41. The van der Waals surface area contributed by atoms with Crippen molar-refractivity contribution < 1.29 is 18.7 Å². The first-order valence-corrected chi connectivity index (χ1v) is 11.7. The molecule has 3 heterocycles. The van der Waals surface area contributed by atoms with Crippen LogP contribution in [-0.2, 0) is 4.74 Å². The SMILES string of the molecule is Cc1nc([C@@H](C)c2cc(Cl)c(F)c(C(=O)N[C@@H]3CCCOC3)c2OC(C)C)n2ccnc(N)c12. The maximum absolute atomic E-state index is 15.3. The van der Waals surface area contributed by atoms with Crippen molar-refractivity contribution >= 4 is 28.8 Å². The van der Waals surface area contributed by atoms with Crippen LogP contribution < -0.4 is 15.8 Å². The van der Waals surface area contributed by atoms with E-state index in [2.05, 4.69) is 10.3 Å². The summed E-state index contributed by atoms with van der Waals surface area (Å²) in [6, 6.07) is 1.29. The van der Waals surface area contributed by atoms with E-state index in [1.54, 1.807) is 12.4 Å². The number of ether oxygens (including phenoxy) is 2. The third kappa shape index (κ3) is 4.54. The van der Waals surface area contributed by atoms with E-state index in [0.29, 0.717) is 41.6 Å². The number of imidazole rings is 1. The van der Waals surface area contributed by atoms with Crippen LogP contribution >= 0.6 is 11.6 Å². The number of carbonyl (C=O) groups is 1. The molecule has 1 aliphatic heterocycles. The molecule has 3 N–H and O–H groups in total. The van der Waals surface area contributed by atoms with Crippen LogP contribution in [0.15, 0.2) is 18.5 Å². The highest BCUT2D eigenvalue weighted by Gasteiger charge is 2.31. The fourth-order valence-corrected chi connectivity index (χ4v) is 4.55. The summed E-state index contributed by atoms with van der Waals surface area (Å²) in [7, 11) is 0. The molecule has 0 saturated carbocycles. The number of hydrogen-bond donors (Lipinski definition) is 2. The average molecular weight is 490 g/mol. The van der Waals surface area contributed by atoms with E-state index in [0.717, 1.165) is 12.8 Å². The minimum atomic E-state index is -0.819. The number of carbonyl (C=O) groups excluding carboxylic acids is 1. The van der Waals surface area contributed by atoms with Gasteiger partial charge in [0.1, 0.15) is 28.5 Å². The molecular formula is C24H29ClFN5O3. The molecule has 0 bridgehead atoms. The Bertz CT molecular complexity index is 1220. The second-order valence-corrected chi connectivity index (χ2v) is 9.24. The standard InChI is InChI=1S/C24H29ClFN5O3/c1-12(2)34-21-16(13(3)23-29-14(4)20-22(27)28-7-8-31(20)23)10-17(25)19(26)18(21)24(32)30-15-6-5-9-33-11-15/h7-8,10,12-13,15H,5-6,9,11H2,1-4H3,(H2,27,28)(H,30,32)/t13-,15+/m0/s1. The number of anilines is 1. The first-order chi connectivity index (χ1) is 16.2. The lowest BCUT2D eigenvalue weighted by molar-refractivity contribution is 0.0620. The topological polar surface area (TPSA) is 104 Å². The van der Waals surface area contributed by atoms with Crippen molar-refractivity contribution in [2.24, 2.45) is 0 Å². The van der Waals surface area contributed by atoms with E-state index >= 15 is 4.39 Å². The van der Waals surface area contributed by atoms with Gasteiger partial charge in [-0.05, 0) is 39.7 Å². The predicted octanol–water partition coefficient (Wildman–Crippen LogP) is 4.26. The Labute approximate surface area is 202 Å². The number of nitrogens with one attached hydrogen (secondary N) is 1. The lowest BCUT2D eigenvalue weighted by Gasteiger charge is -2.26. The number of nitrogens with zero attached hydrogens (tertiary/aromatic N) is 3. The van der Waals surface area contributed by atoms with Crippen molar-refractivity contribution in [3.8, 4) is 5.75 Å². The molecule has 1 amide bonds. The van der Waals surface area contributed by atoms with Gasteiger partial charge in [-0.2, -0.15) is 0 Å². The zero-order valence-electron chi connectivity index (χ0n) is 19.7. The number of nitrogens with two attached hydrogens (primary N) is 1. The summed E-state index contributed by atoms with van der Waals surface area (Å²) < 4.78 is 28.7. The number of rotatable bonds is 6. The van der Waals surface area contributed by atoms with Crippen LogP contribution in [-0.4, -0.2) is 45.6 Å². The number of amides is 1. The quantitative estimate of drug-likeness (QED) is 0.536. The van der Waals surface area contributed by atoms with Crippen molar-refractivity contribution in [1.29, 1.82) is 0 Å². The molecule has 3 aromatic rings. The van der Waals surface area contributed by atoms with E-state index in [1.807, 2.05) is 32.1 Å². The zero-order chi connectivity index (χ0) is 24.6. The third-order valence-electron chi connectivity index (χ3n) is 5.92. The van der Waals surface area contributed by atoms with Crippen molar-refractivity contribution in [2.75, 3.05) is 18.9 Å². The van der Waals surface area contributed by atoms with Gasteiger partial charge in [-0.25, -0.2) is 14.4 Å². The highest BCUT2D eigenvalue weighted by Crippen LogP contribution is 2.40. The van der Waals surface area contributed by atoms with Crippen molar-refractivity contribution in [3.63, 3.8) is 0 Å². The summed E-state index contributed by atoms with van der Waals surface area (Å²) in [6.07, 6.45) is 4.63. The Morgan fingerprint density at radius 3 is 2.85 bits per heavy atom. The van der Waals surface area contributed by atoms with Crippen LogP contribution in [0.4, 0.5) is 10.2 Å². The Morgan fingerprint density at radius 1 is 1.41 bits per heavy atom. The minimum absolute atomic E-state index is 0.148. The zero-order valence-corrected chi connectivity index (χ0v) is 20.4. The van der Waals surface area contributed by atoms with Crippen molar-refractivity contribution in [1.82, 2.24) is 19.7 Å². The number of hydrogen-bond acceptors (Lipinski definition) is 6. The van der Waals surface area contributed by atoms with Crippen LogP contribution in [0.3, 0.4) is 0 Å². The van der Waals surface area contributed by atoms with Gasteiger partial charge in [0.05, 0.1) is 29.5 Å². The molecule has 1 fully saturated rings. The van der Waals surface area contributed by atoms with Crippen LogP contribution in [0.25, 0.3) is 5.52 Å². The number of aryl methyl sites for hydroxylation is 1. The van der Waals surface area contributed by atoms with E-state index in [4.69, 9.17) is 31.8 Å². The highest BCUT2D eigenvalue weighted by atomic mass is 35.5. The fourth-order valence-electron chi connectivity index (χ4n) is 4.34. The molecule has 0 spiro atoms. The van der Waals surface area contributed by atoms with Gasteiger partial charge in [0.15, 0.2) is 5.82 Å². The number of fused-ring (bicyclic) bond motifs is 1. The Kier molecular flexibility index (Phi) is 6.95. The average Bonchev–Trinajstić information content (AvgIpc) is 3.13. The third-order valence-corrected chi connectivity index (χ3v) is 6.19. The van der Waals surface area contributed by atoms with Gasteiger partial charge in [-0.15, -0.1) is 0 Å². The van der Waals surface area contributed by atoms with Gasteiger partial charge in [0.2, 0.25) is 0 Å². The van der Waals surface area contributed by atoms with E-state index in [9.17, 15) is 4.79 Å². The van der Waals surface area contributed by atoms with Gasteiger partial charge in [0.25, 0.3) is 5.91 Å². The first-order valence-electron chi connectivity index (χ1n) is 11.3. The molecule has 0 aliphatic carbocycles. The molecule has 0 radical (unpaired) electrons. The molecule has 0 unspecified atom stereocenters. The fraction of sp³-hybridized carbons (Fsp3) is 0.458. The van der Waals surface area contributed by atoms with Gasteiger partial charge in [-0.1, -0.05) is 18.5 Å². The lowest BCUT2D eigenvalue weighted by atomic mass is 9.95. The molecule has 182 valence electrons. The Morgan fingerprint density at radius 2 is 2.18 bits per heavy atom. The number of nitrogen functional groups attached to an aromatic ring is 1. The van der Waals surface area contributed by atoms with Gasteiger partial charge < -0.3 is 20.5 Å². The van der Waals surface area contributed by atoms with Crippen LogP contribution in [0.1, 0.15) is 67.0 Å². The summed E-state index contributed by atoms with van der Waals surface area (Å²) in [4.78, 5) is 22.1. The van der Waals surface area contributed by atoms with Gasteiger partial charge in [0, 0.05) is 30.5 Å². The van der Waals surface area contributed by atoms with Crippen LogP contribution in [0.2, 0.25) is 5.02 Å². The molecule has 1 aliphatic rings. The summed E-state index contributed by atoms with van der Waals surface area (Å²) in [6.45, 7) is 8.42. The molecular weight excluding hydrogens is 461 g/mol. The summed E-state index contributed by atoms with van der Waals surface area (Å²) in [5, 5.41) is 2.71. The summed E-state index contributed by atoms with van der Waals surface area (Å²) in [5.41, 5.74) is 7.81. The van der Waals surface area contributed by atoms with Crippen molar-refractivity contribution in [2.45, 2.75) is 58.6 Å². The van der Waals surface area contributed by atoms with Crippen molar-refractivity contribution in [3.05, 3.63) is 51.9 Å². The first kappa shape index (κ1) is 24.2. The molecule has 8 nitrogen and oxygen atoms in total. The molecule has 2 aromatic heterocycles. The molecule has 4 rings (SSSR count). The summed E-state index contributed by atoms with van der Waals surface area (Å²) >= 11 is 6.30. The molecule has 10 heteroatoms. The highest BCUT2D eigenvalue weighted by molar-refractivity contribution is 6.31. The Hall–Kier alpha value is -2.91. The second kappa shape index (κ2) is 9.76. The monoisotopic (exact) mass is 489 g/mol. The molecule has 2 atom stereocenters. The number of benzene rings is 1. The maximum atomic E-state index is 15.3. The van der Waals surface area contributed by atoms with E-state index in [1.165, 1.54) is 6.07 Å². The van der Waals surface area contributed by atoms with Gasteiger partial charge >= 0.3 is 0 Å². The molecule has 1 aromatic carbocycles. The minimum Gasteiger partial charge on any atom is -0.490 e. The molecule has 1 saturated heterocycles. The van der Waals surface area contributed by atoms with E-state index < -0.39 is 17.6 Å². The number of halogens is 2. The number of aromatic nitrogens is 3. The smallest absolute Gasteiger partial charge is 0.258 e. The normalized spacial score (nSPS) is 17.2.